The SMILES string of the molecule is Cc1ccncc1CNc1cccc(C)c1N. The maximum atomic E-state index is 6.01. The van der Waals surface area contributed by atoms with Gasteiger partial charge in [-0.1, -0.05) is 12.1 Å². The zero-order valence-electron chi connectivity index (χ0n) is 10.2. The summed E-state index contributed by atoms with van der Waals surface area (Å²) in [4.78, 5) is 4.13. The van der Waals surface area contributed by atoms with E-state index >= 15 is 0 Å². The summed E-state index contributed by atoms with van der Waals surface area (Å²) in [6, 6.07) is 8.02. The zero-order chi connectivity index (χ0) is 12.3. The summed E-state index contributed by atoms with van der Waals surface area (Å²) >= 11 is 0. The number of para-hydroxylation sites is 1. The molecule has 0 saturated heterocycles. The number of benzene rings is 1. The Bertz CT molecular complexity index is 521. The lowest BCUT2D eigenvalue weighted by Gasteiger charge is -2.12. The molecule has 0 spiro atoms. The van der Waals surface area contributed by atoms with Crippen molar-refractivity contribution < 1.29 is 0 Å². The largest absolute Gasteiger partial charge is 0.397 e. The summed E-state index contributed by atoms with van der Waals surface area (Å²) in [5.41, 5.74) is 11.3. The van der Waals surface area contributed by atoms with Gasteiger partial charge in [-0.2, -0.15) is 0 Å². The van der Waals surface area contributed by atoms with Crippen molar-refractivity contribution in [3.8, 4) is 0 Å². The highest BCUT2D eigenvalue weighted by Crippen LogP contribution is 2.22. The van der Waals surface area contributed by atoms with E-state index in [4.69, 9.17) is 5.73 Å². The zero-order valence-corrected chi connectivity index (χ0v) is 10.2. The summed E-state index contributed by atoms with van der Waals surface area (Å²) in [6.07, 6.45) is 3.69. The Labute approximate surface area is 102 Å². The van der Waals surface area contributed by atoms with Crippen LogP contribution in [0.15, 0.2) is 36.7 Å². The Kier molecular flexibility index (Phi) is 3.28. The van der Waals surface area contributed by atoms with Gasteiger partial charge < -0.3 is 11.1 Å². The molecular weight excluding hydrogens is 210 g/mol. The third-order valence-corrected chi connectivity index (χ3v) is 2.94. The molecule has 0 amide bonds. The van der Waals surface area contributed by atoms with Crippen molar-refractivity contribution in [2.45, 2.75) is 20.4 Å². The number of aromatic nitrogens is 1. The lowest BCUT2D eigenvalue weighted by atomic mass is 10.1. The Balaban J connectivity index is 2.13. The van der Waals surface area contributed by atoms with Crippen LogP contribution in [0.2, 0.25) is 0 Å². The predicted molar refractivity (Wildman–Crippen MR) is 71.9 cm³/mol. The summed E-state index contributed by atoms with van der Waals surface area (Å²) < 4.78 is 0. The van der Waals surface area contributed by atoms with E-state index in [0.29, 0.717) is 0 Å². The fourth-order valence-corrected chi connectivity index (χ4v) is 1.71. The quantitative estimate of drug-likeness (QED) is 0.793. The molecule has 0 aliphatic carbocycles. The third-order valence-electron chi connectivity index (χ3n) is 2.94. The van der Waals surface area contributed by atoms with Gasteiger partial charge in [0.1, 0.15) is 0 Å². The fraction of sp³-hybridized carbons (Fsp3) is 0.214. The average Bonchev–Trinajstić information content (AvgIpc) is 2.33. The van der Waals surface area contributed by atoms with Crippen molar-refractivity contribution in [3.05, 3.63) is 53.3 Å². The highest BCUT2D eigenvalue weighted by atomic mass is 14.9. The molecule has 1 heterocycles. The first kappa shape index (κ1) is 11.5. The maximum Gasteiger partial charge on any atom is 0.0579 e. The molecule has 0 radical (unpaired) electrons. The number of rotatable bonds is 3. The van der Waals surface area contributed by atoms with Crippen LogP contribution in [0.25, 0.3) is 0 Å². The number of pyridine rings is 1. The van der Waals surface area contributed by atoms with Crippen LogP contribution in [0.3, 0.4) is 0 Å². The molecule has 1 aromatic carbocycles. The minimum absolute atomic E-state index is 0.743. The van der Waals surface area contributed by atoms with Crippen molar-refractivity contribution in [3.63, 3.8) is 0 Å². The molecular formula is C14H17N3. The molecule has 2 rings (SSSR count). The van der Waals surface area contributed by atoms with Crippen LogP contribution < -0.4 is 11.1 Å². The Hall–Kier alpha value is -2.03. The van der Waals surface area contributed by atoms with E-state index in [1.165, 1.54) is 11.1 Å². The molecule has 0 aliphatic rings. The average molecular weight is 227 g/mol. The number of nitrogens with one attached hydrogen (secondary N) is 1. The van der Waals surface area contributed by atoms with Gasteiger partial charge in [-0.3, -0.25) is 4.98 Å². The number of aryl methyl sites for hydroxylation is 2. The monoisotopic (exact) mass is 227 g/mol. The molecule has 2 aromatic rings. The van der Waals surface area contributed by atoms with Gasteiger partial charge in [0.15, 0.2) is 0 Å². The summed E-state index contributed by atoms with van der Waals surface area (Å²) in [7, 11) is 0. The highest BCUT2D eigenvalue weighted by molar-refractivity contribution is 5.69. The Morgan fingerprint density at radius 2 is 2.00 bits per heavy atom. The van der Waals surface area contributed by atoms with Crippen LogP contribution in [0.5, 0.6) is 0 Å². The molecule has 0 bridgehead atoms. The van der Waals surface area contributed by atoms with E-state index in [0.717, 1.165) is 23.5 Å². The van der Waals surface area contributed by atoms with Gasteiger partial charge in [-0.25, -0.2) is 0 Å². The molecule has 0 aliphatic heterocycles. The first-order valence-electron chi connectivity index (χ1n) is 5.67. The van der Waals surface area contributed by atoms with Crippen LogP contribution in [0, 0.1) is 13.8 Å². The second-order valence-corrected chi connectivity index (χ2v) is 4.19. The maximum absolute atomic E-state index is 6.01. The summed E-state index contributed by atoms with van der Waals surface area (Å²) in [5.74, 6) is 0. The van der Waals surface area contributed by atoms with Gasteiger partial charge in [0.2, 0.25) is 0 Å². The van der Waals surface area contributed by atoms with Crippen molar-refractivity contribution in [1.82, 2.24) is 4.98 Å². The first-order chi connectivity index (χ1) is 8.18. The second-order valence-electron chi connectivity index (χ2n) is 4.19. The molecule has 0 unspecified atom stereocenters. The van der Waals surface area contributed by atoms with E-state index in [-0.39, 0.29) is 0 Å². The minimum Gasteiger partial charge on any atom is -0.397 e. The van der Waals surface area contributed by atoms with Gasteiger partial charge in [0.25, 0.3) is 0 Å². The van der Waals surface area contributed by atoms with Crippen molar-refractivity contribution >= 4 is 11.4 Å². The standard InChI is InChI=1S/C14H17N3/c1-10-6-7-16-8-12(10)9-17-13-5-3-4-11(2)14(13)15/h3-8,17H,9,15H2,1-2H3. The molecule has 0 fully saturated rings. The van der Waals surface area contributed by atoms with Gasteiger partial charge in [-0.15, -0.1) is 0 Å². The van der Waals surface area contributed by atoms with Crippen molar-refractivity contribution in [2.75, 3.05) is 11.1 Å². The van der Waals surface area contributed by atoms with Gasteiger partial charge in [-0.05, 0) is 42.7 Å². The molecule has 0 saturated carbocycles. The van der Waals surface area contributed by atoms with E-state index in [1.54, 1.807) is 6.20 Å². The normalized spacial score (nSPS) is 10.2. The van der Waals surface area contributed by atoms with Crippen LogP contribution in [0.4, 0.5) is 11.4 Å². The number of nitrogens with two attached hydrogens (primary N) is 1. The molecule has 3 N–H and O–H groups in total. The van der Waals surface area contributed by atoms with Gasteiger partial charge in [0.05, 0.1) is 11.4 Å². The first-order valence-corrected chi connectivity index (χ1v) is 5.67. The molecule has 88 valence electrons. The van der Waals surface area contributed by atoms with Crippen molar-refractivity contribution in [1.29, 1.82) is 0 Å². The van der Waals surface area contributed by atoms with E-state index < -0.39 is 0 Å². The van der Waals surface area contributed by atoms with Crippen LogP contribution >= 0.6 is 0 Å². The Morgan fingerprint density at radius 3 is 2.76 bits per heavy atom. The predicted octanol–water partition coefficient (Wildman–Crippen LogP) is 2.89. The number of nitrogen functional groups attached to an aromatic ring is 1. The minimum atomic E-state index is 0.743. The second kappa shape index (κ2) is 4.87. The highest BCUT2D eigenvalue weighted by Gasteiger charge is 2.02. The van der Waals surface area contributed by atoms with E-state index in [2.05, 4.69) is 17.2 Å². The third kappa shape index (κ3) is 2.56. The fourth-order valence-electron chi connectivity index (χ4n) is 1.71. The number of hydrogen-bond acceptors (Lipinski definition) is 3. The summed E-state index contributed by atoms with van der Waals surface area (Å²) in [6.45, 7) is 4.83. The molecule has 17 heavy (non-hydrogen) atoms. The van der Waals surface area contributed by atoms with E-state index in [1.807, 2.05) is 37.4 Å². The number of hydrogen-bond donors (Lipinski definition) is 2. The smallest absolute Gasteiger partial charge is 0.0579 e. The van der Waals surface area contributed by atoms with Gasteiger partial charge >= 0.3 is 0 Å². The number of nitrogens with zero attached hydrogens (tertiary/aromatic N) is 1. The molecule has 3 heteroatoms. The lowest BCUT2D eigenvalue weighted by molar-refractivity contribution is 1.08. The molecule has 0 atom stereocenters. The van der Waals surface area contributed by atoms with Gasteiger partial charge in [0, 0.05) is 18.9 Å². The number of anilines is 2. The van der Waals surface area contributed by atoms with Crippen LogP contribution in [0.1, 0.15) is 16.7 Å². The topological polar surface area (TPSA) is 50.9 Å². The Morgan fingerprint density at radius 1 is 1.18 bits per heavy atom. The van der Waals surface area contributed by atoms with Crippen molar-refractivity contribution in [2.24, 2.45) is 0 Å². The van der Waals surface area contributed by atoms with Crippen LogP contribution in [-0.2, 0) is 6.54 Å². The molecule has 3 nitrogen and oxygen atoms in total. The summed E-state index contributed by atoms with van der Waals surface area (Å²) in [5, 5.41) is 3.35. The van der Waals surface area contributed by atoms with Crippen LogP contribution in [-0.4, -0.2) is 4.98 Å². The molecule has 1 aromatic heterocycles. The lowest BCUT2D eigenvalue weighted by Crippen LogP contribution is -2.05. The van der Waals surface area contributed by atoms with E-state index in [9.17, 15) is 0 Å².